The van der Waals surface area contributed by atoms with Crippen LogP contribution in [0.1, 0.15) is 6.92 Å². The van der Waals surface area contributed by atoms with E-state index in [1.54, 1.807) is 29.8 Å². The number of benzene rings is 1. The zero-order valence-corrected chi connectivity index (χ0v) is 10.1. The van der Waals surface area contributed by atoms with Crippen molar-refractivity contribution < 1.29 is 9.53 Å². The lowest BCUT2D eigenvalue weighted by atomic mass is 10.3. The molecule has 0 aliphatic carbocycles. The van der Waals surface area contributed by atoms with Gasteiger partial charge in [-0.25, -0.2) is 10.1 Å². The molecule has 0 spiro atoms. The van der Waals surface area contributed by atoms with Gasteiger partial charge in [0.05, 0.1) is 0 Å². The van der Waals surface area contributed by atoms with E-state index in [2.05, 4.69) is 15.5 Å². The van der Waals surface area contributed by atoms with E-state index in [1.165, 1.54) is 0 Å². The first-order valence-corrected chi connectivity index (χ1v) is 6.60. The molecule has 0 aliphatic heterocycles. The van der Waals surface area contributed by atoms with Crippen molar-refractivity contribution in [1.29, 1.82) is 0 Å². The number of aromatic nitrogens is 2. The number of hydrogen-bond acceptors (Lipinski definition) is 4. The summed E-state index contributed by atoms with van der Waals surface area (Å²) in [6, 6.07) is 8.89. The van der Waals surface area contributed by atoms with Crippen LogP contribution in [-0.2, 0) is 5.75 Å². The lowest BCUT2D eigenvalue weighted by Gasteiger charge is -2.01. The average molecular weight is 250 g/mol. The third-order valence-electron chi connectivity index (χ3n) is 2.05. The van der Waals surface area contributed by atoms with E-state index in [0.717, 1.165) is 5.75 Å². The zero-order chi connectivity index (χ0) is 12.1. The lowest BCUT2D eigenvalue weighted by molar-refractivity contribution is 0.215. The number of amides is 1. The minimum Gasteiger partial charge on any atom is -0.410 e. The molecule has 1 atom stereocenters. The van der Waals surface area contributed by atoms with E-state index in [0.29, 0.717) is 10.9 Å². The smallest absolute Gasteiger partial charge is 0.410 e. The van der Waals surface area contributed by atoms with Crippen molar-refractivity contribution in [2.24, 2.45) is 0 Å². The molecule has 5 nitrogen and oxygen atoms in total. The van der Waals surface area contributed by atoms with Crippen LogP contribution in [0.3, 0.4) is 0 Å². The number of nitrogens with one attached hydrogen (secondary N) is 1. The molecule has 0 saturated carbocycles. The van der Waals surface area contributed by atoms with Gasteiger partial charge in [-0.2, -0.15) is 0 Å². The molecular formula is C11H12N3O2S+. The molecule has 0 bridgehead atoms. The highest BCUT2D eigenvalue weighted by atomic mass is 32.2. The summed E-state index contributed by atoms with van der Waals surface area (Å²) < 4.78 is 5.09. The van der Waals surface area contributed by atoms with Gasteiger partial charge in [0.2, 0.25) is 0 Å². The highest BCUT2D eigenvalue weighted by Crippen LogP contribution is 2.26. The normalized spacial score (nSPS) is 11.0. The summed E-state index contributed by atoms with van der Waals surface area (Å²) in [5.74, 6) is 1.37. The highest BCUT2D eigenvalue weighted by Gasteiger charge is 2.18. The summed E-state index contributed by atoms with van der Waals surface area (Å²) in [4.78, 5) is 11.6. The summed E-state index contributed by atoms with van der Waals surface area (Å²) in [5, 5.41) is 10.8. The Balaban J connectivity index is 1.98. The number of hydrogen-bond donors (Lipinski definition) is 1. The second-order valence-corrected chi connectivity index (χ2v) is 5.20. The van der Waals surface area contributed by atoms with E-state index < -0.39 is 6.09 Å². The van der Waals surface area contributed by atoms with Gasteiger partial charge in [-0.05, 0) is 19.1 Å². The van der Waals surface area contributed by atoms with Crippen LogP contribution in [0.15, 0.2) is 35.8 Å². The molecule has 1 aromatic carbocycles. The number of carbonyl (C=O) groups is 1. The van der Waals surface area contributed by atoms with Crippen molar-refractivity contribution in [3.8, 4) is 5.75 Å². The van der Waals surface area contributed by atoms with Crippen molar-refractivity contribution in [2.45, 2.75) is 12.7 Å². The van der Waals surface area contributed by atoms with Gasteiger partial charge in [-0.1, -0.05) is 28.4 Å². The Kier molecular flexibility index (Phi) is 3.66. The van der Waals surface area contributed by atoms with Gasteiger partial charge < -0.3 is 4.74 Å². The molecule has 2 rings (SSSR count). The Bertz CT molecular complexity index is 498. The predicted molar refractivity (Wildman–Crippen MR) is 66.3 cm³/mol. The molecule has 2 aromatic rings. The van der Waals surface area contributed by atoms with Gasteiger partial charge >= 0.3 is 11.2 Å². The molecular weight excluding hydrogens is 238 g/mol. The monoisotopic (exact) mass is 250 g/mol. The lowest BCUT2D eigenvalue weighted by Crippen LogP contribution is -2.16. The maximum Gasteiger partial charge on any atom is 0.422 e. The van der Waals surface area contributed by atoms with Crippen LogP contribution in [-0.4, -0.2) is 16.3 Å². The van der Waals surface area contributed by atoms with Gasteiger partial charge in [-0.3, -0.25) is 0 Å². The molecule has 1 heterocycles. The molecule has 88 valence electrons. The molecule has 0 radical (unpaired) electrons. The minimum absolute atomic E-state index is 0.204. The Labute approximate surface area is 101 Å². The fourth-order valence-corrected chi connectivity index (χ4v) is 2.30. The molecule has 0 aliphatic rings. The Morgan fingerprint density at radius 1 is 1.41 bits per heavy atom. The van der Waals surface area contributed by atoms with E-state index in [9.17, 15) is 4.79 Å². The Hall–Kier alpha value is -1.95. The molecule has 17 heavy (non-hydrogen) atoms. The topological polar surface area (TPSA) is 64.1 Å². The van der Waals surface area contributed by atoms with Crippen LogP contribution in [0.2, 0.25) is 0 Å². The molecule has 1 amide bonds. The second kappa shape index (κ2) is 5.40. The van der Waals surface area contributed by atoms with Crippen LogP contribution < -0.4 is 10.1 Å². The first-order chi connectivity index (χ1) is 8.29. The summed E-state index contributed by atoms with van der Waals surface area (Å²) in [5.41, 5.74) is 1.73. The van der Waals surface area contributed by atoms with E-state index >= 15 is 0 Å². The number of para-hydroxylation sites is 1. The predicted octanol–water partition coefficient (Wildman–Crippen LogP) is 2.86. The third kappa shape index (κ3) is 3.01. The quantitative estimate of drug-likeness (QED) is 0.851. The van der Waals surface area contributed by atoms with Crippen LogP contribution in [0, 0.1) is 0 Å². The highest BCUT2D eigenvalue weighted by molar-refractivity contribution is 7.32. The average Bonchev–Trinajstić information content (AvgIpc) is 2.77. The number of carbonyl (C=O) groups excluding carboxylic acids is 1. The van der Waals surface area contributed by atoms with Crippen LogP contribution in [0.25, 0.3) is 0 Å². The fraction of sp³-hybridized carbons (Fsp3) is 0.182. The van der Waals surface area contributed by atoms with Crippen molar-refractivity contribution in [2.75, 3.05) is 5.32 Å². The van der Waals surface area contributed by atoms with Crippen molar-refractivity contribution >= 4 is 21.7 Å². The van der Waals surface area contributed by atoms with Crippen molar-refractivity contribution in [3.63, 3.8) is 0 Å². The SMILES string of the molecule is CC[s+]1cnnc1NC(=O)Oc1ccccc1. The number of aryl methyl sites for hydroxylation is 1. The molecule has 0 saturated heterocycles. The first-order valence-electron chi connectivity index (χ1n) is 5.14. The number of nitrogens with zero attached hydrogens (tertiary/aromatic N) is 2. The van der Waals surface area contributed by atoms with Crippen molar-refractivity contribution in [3.05, 3.63) is 35.8 Å². The molecule has 1 aromatic heterocycles. The van der Waals surface area contributed by atoms with E-state index in [4.69, 9.17) is 4.74 Å². The van der Waals surface area contributed by atoms with Crippen LogP contribution >= 0.6 is 10.5 Å². The van der Waals surface area contributed by atoms with Gasteiger partial charge in [0, 0.05) is 10.5 Å². The molecule has 1 N–H and O–H groups in total. The molecule has 6 heteroatoms. The number of rotatable bonds is 3. The summed E-state index contributed by atoms with van der Waals surface area (Å²) in [6.45, 7) is 2.01. The largest absolute Gasteiger partial charge is 0.422 e. The van der Waals surface area contributed by atoms with Crippen LogP contribution in [0.4, 0.5) is 9.93 Å². The maximum absolute atomic E-state index is 11.6. The zero-order valence-electron chi connectivity index (χ0n) is 9.29. The Morgan fingerprint density at radius 2 is 2.18 bits per heavy atom. The van der Waals surface area contributed by atoms with Crippen LogP contribution in [0.5, 0.6) is 5.75 Å². The number of anilines is 1. The Morgan fingerprint density at radius 3 is 2.88 bits per heavy atom. The summed E-state index contributed by atoms with van der Waals surface area (Å²) in [6.07, 6.45) is -0.536. The standard InChI is InChI=1S/C11H11N3O2S/c1-2-17-8-12-14-10(17)13-11(15)16-9-6-4-3-5-7-9/h3-8H,2H2,1H3/p+1. The summed E-state index contributed by atoms with van der Waals surface area (Å²) >= 11 is 0. The van der Waals surface area contributed by atoms with Gasteiger partial charge in [0.1, 0.15) is 11.5 Å². The second-order valence-electron chi connectivity index (χ2n) is 3.17. The van der Waals surface area contributed by atoms with Gasteiger partial charge in [0.25, 0.3) is 5.51 Å². The van der Waals surface area contributed by atoms with E-state index in [1.807, 2.05) is 13.0 Å². The van der Waals surface area contributed by atoms with E-state index in [-0.39, 0.29) is 10.5 Å². The first kappa shape index (κ1) is 11.5. The van der Waals surface area contributed by atoms with Crippen molar-refractivity contribution in [1.82, 2.24) is 10.2 Å². The molecule has 1 unspecified atom stereocenters. The maximum atomic E-state index is 11.6. The molecule has 0 fully saturated rings. The van der Waals surface area contributed by atoms with Gasteiger partial charge in [0.15, 0.2) is 0 Å². The minimum atomic E-state index is -0.536. The number of ether oxygens (including phenoxy) is 1. The third-order valence-corrected chi connectivity index (χ3v) is 3.70. The fourth-order valence-electron chi connectivity index (χ4n) is 1.25. The van der Waals surface area contributed by atoms with Gasteiger partial charge in [-0.15, -0.1) is 0 Å². The summed E-state index contributed by atoms with van der Waals surface area (Å²) in [7, 11) is -0.204.